The average molecular weight is 975 g/mol. The zero-order chi connectivity index (χ0) is 49.9. The van der Waals surface area contributed by atoms with Crippen molar-refractivity contribution < 1.29 is 49.4 Å². The number of amides is 2. The maximum absolute atomic E-state index is 10.0. The smallest absolute Gasteiger partial charge is 0.314 e. The molecule has 0 radical (unpaired) electrons. The molecule has 0 aliphatic rings. The molecule has 0 fully saturated rings. The van der Waals surface area contributed by atoms with E-state index in [1.165, 1.54) is 31.1 Å². The van der Waals surface area contributed by atoms with Crippen LogP contribution in [0.3, 0.4) is 0 Å². The maximum Gasteiger partial charge on any atom is 0.314 e. The van der Waals surface area contributed by atoms with Crippen LogP contribution in [0.2, 0.25) is 10.9 Å². The van der Waals surface area contributed by atoms with Gasteiger partial charge in [-0.2, -0.15) is 0 Å². The fraction of sp³-hybridized carbons (Fsp3) is 0.593. The van der Waals surface area contributed by atoms with Gasteiger partial charge in [-0.25, -0.2) is 24.7 Å². The van der Waals surface area contributed by atoms with Gasteiger partial charge in [0.1, 0.15) is 11.6 Å². The van der Waals surface area contributed by atoms with Gasteiger partial charge in [0.05, 0.1) is 11.1 Å². The quantitative estimate of drug-likeness (QED) is 0.100. The van der Waals surface area contributed by atoms with Crippen LogP contribution in [0.5, 0.6) is 6.01 Å². The van der Waals surface area contributed by atoms with Gasteiger partial charge in [0.2, 0.25) is 6.71 Å². The van der Waals surface area contributed by atoms with Gasteiger partial charge in [0.15, 0.2) is 5.65 Å². The van der Waals surface area contributed by atoms with E-state index in [0.717, 1.165) is 1.93 Å². The molecule has 246 valence electrons. The van der Waals surface area contributed by atoms with Gasteiger partial charge in [-0.15, -0.1) is 0 Å². The number of aliphatic hydroxyl groups excluding tert-OH is 1. The van der Waals surface area contributed by atoms with E-state index in [1.807, 2.05) is 0 Å². The van der Waals surface area contributed by atoms with Crippen LogP contribution in [0, 0.1) is 27.4 Å². The zero-order valence-corrected chi connectivity index (χ0v) is 30.1. The van der Waals surface area contributed by atoms with Crippen LogP contribution in [-0.4, -0.2) is 63.6 Å². The third-order valence-electron chi connectivity index (χ3n) is 2.29. The summed E-state index contributed by atoms with van der Waals surface area (Å²) in [7, 11) is 0. The minimum atomic E-state index is -2.77. The highest BCUT2D eigenvalue weighted by Gasteiger charge is 1.95. The fourth-order valence-electron chi connectivity index (χ4n) is 1.11. The lowest BCUT2D eigenvalue weighted by Crippen LogP contribution is -2.18. The summed E-state index contributed by atoms with van der Waals surface area (Å²) in [5.74, 6) is -0.125. The predicted molar refractivity (Wildman–Crippen MR) is 200 cm³/mol. The Kier molecular flexibility index (Phi) is 19.6. The number of alkyl halides is 3. The number of ketones is 2. The van der Waals surface area contributed by atoms with Crippen LogP contribution >= 0.6 is 79.4 Å². The van der Waals surface area contributed by atoms with Gasteiger partial charge < -0.3 is 21.7 Å². The SMILES string of the molecule is C.CC(=O)CC(C)=O.CCC(I)I.CCCI.[2H]N([2H])C(=O)N([2H])[2H].[2H]OCC.[2H]Oc1nc(C([2H])([2H])[2H])c([2H])c(C([2H])([2H])[2H])n1.[2H]c1c(C([2H])([2H])[2H])nc(Cl)nc1C([2H])([2H])[2H]. The Morgan fingerprint density at radius 3 is 1.50 bits per heavy atom. The van der Waals surface area contributed by atoms with Crippen LogP contribution in [0.1, 0.15) is 103 Å². The minimum Gasteiger partial charge on any atom is -0.479 e. The van der Waals surface area contributed by atoms with E-state index in [4.69, 9.17) is 39.3 Å². The van der Waals surface area contributed by atoms with Gasteiger partial charge in [0, 0.05) is 45.8 Å². The number of aromatic nitrogens is 4. The van der Waals surface area contributed by atoms with E-state index >= 15 is 0 Å². The van der Waals surface area contributed by atoms with Crippen LogP contribution in [0.4, 0.5) is 4.79 Å². The Balaban J connectivity index is -0.000000159. The molecular formula is C27H50ClI3N6O5. The topological polar surface area (TPSA) is 195 Å². The summed E-state index contributed by atoms with van der Waals surface area (Å²) in [6.07, 6.45) is 2.67. The summed E-state index contributed by atoms with van der Waals surface area (Å²) in [5, 5.41) is 7.18. The number of rotatable bonds is 6. The number of aliphatic hydroxyl groups is 1. The number of aromatic hydroxyl groups is 1. The third kappa shape index (κ3) is 62.6. The molecule has 42 heavy (non-hydrogen) atoms. The van der Waals surface area contributed by atoms with Crippen LogP contribution in [-0.2, 0) is 9.59 Å². The molecule has 0 aliphatic carbocycles. The van der Waals surface area contributed by atoms with E-state index in [0.29, 0.717) is 6.61 Å². The number of hydrogen-bond acceptors (Lipinski definition) is 9. The Hall–Kier alpha value is -0.990. The van der Waals surface area contributed by atoms with E-state index in [2.05, 4.69) is 112 Å². The monoisotopic (exact) mass is 974 g/mol. The summed E-state index contributed by atoms with van der Waals surface area (Å²) in [4.78, 5) is 43.4. The van der Waals surface area contributed by atoms with Crippen molar-refractivity contribution >= 4 is 97.0 Å². The first-order valence-corrected chi connectivity index (χ1v) is 15.4. The molecule has 6 N–H and O–H groups in total. The Morgan fingerprint density at radius 1 is 0.976 bits per heavy atom. The largest absolute Gasteiger partial charge is 0.479 e. The molecule has 0 saturated heterocycles. The van der Waals surface area contributed by atoms with Crippen LogP contribution in [0.25, 0.3) is 0 Å². The molecular weight excluding hydrogens is 904 g/mol. The van der Waals surface area contributed by atoms with E-state index in [-0.39, 0.29) is 36.9 Å². The summed E-state index contributed by atoms with van der Waals surface area (Å²) in [5.41, 5.74) is -3.50. The average Bonchev–Trinajstić information content (AvgIpc) is 3.10. The summed E-state index contributed by atoms with van der Waals surface area (Å²) in [6.45, 7) is -1.50. The van der Waals surface area contributed by atoms with Crippen molar-refractivity contribution in [2.75, 3.05) is 11.0 Å². The van der Waals surface area contributed by atoms with E-state index in [1.54, 1.807) is 6.92 Å². The second kappa shape index (κ2) is 38.0. The van der Waals surface area contributed by atoms with Gasteiger partial charge in [-0.1, -0.05) is 89.0 Å². The fourth-order valence-corrected chi connectivity index (χ4v) is 1.28. The summed E-state index contributed by atoms with van der Waals surface area (Å²) in [6, 6.07) is -3.53. The molecule has 0 bridgehead atoms. The molecule has 2 rings (SSSR count). The second-order valence-corrected chi connectivity index (χ2v) is 13.1. The summed E-state index contributed by atoms with van der Waals surface area (Å²) >= 11 is 12.6. The summed E-state index contributed by atoms with van der Waals surface area (Å²) < 4.78 is 139. The first-order chi connectivity index (χ1) is 27.4. The lowest BCUT2D eigenvalue weighted by atomic mass is 10.2. The molecule has 11 nitrogen and oxygen atoms in total. The predicted octanol–water partition coefficient (Wildman–Crippen LogP) is 7.18. The number of primary amides is 2. The number of carbonyl (C=O) groups excluding carboxylic acids is 3. The molecule has 2 aromatic rings. The van der Waals surface area contributed by atoms with Crippen molar-refractivity contribution in [1.82, 2.24) is 19.9 Å². The Labute approximate surface area is 327 Å². The lowest BCUT2D eigenvalue weighted by Gasteiger charge is -1.93. The first-order valence-electron chi connectivity index (χ1n) is 20.6. The number of aryl methyl sites for hydroxylation is 4. The molecule has 2 heterocycles. The highest BCUT2D eigenvalue weighted by Crippen LogP contribution is 2.11. The number of hydrogen-bond donors (Lipinski definition) is 4. The van der Waals surface area contributed by atoms with Crippen molar-refractivity contribution in [2.45, 2.75) is 90.6 Å². The van der Waals surface area contributed by atoms with Crippen molar-refractivity contribution in [3.05, 3.63) is 40.1 Å². The molecule has 2 aromatic heterocycles. The molecule has 0 saturated carbocycles. The highest BCUT2D eigenvalue weighted by atomic mass is 127. The van der Waals surface area contributed by atoms with Gasteiger partial charge in [0.25, 0.3) is 1.43 Å². The van der Waals surface area contributed by atoms with Crippen LogP contribution in [0.15, 0.2) is 12.1 Å². The van der Waals surface area contributed by atoms with Gasteiger partial charge >= 0.3 is 12.0 Å². The number of Topliss-reactive ketones (excluding diaryl/α,β-unsaturated/α-hetero) is 2. The highest BCUT2D eigenvalue weighted by molar-refractivity contribution is 14.2. The van der Waals surface area contributed by atoms with Gasteiger partial charge in [-0.3, -0.25) is 9.59 Å². The molecule has 15 heteroatoms. The zero-order valence-electron chi connectivity index (χ0n) is 42.8. The molecule has 0 unspecified atom stereocenters. The molecule has 0 aliphatic heterocycles. The van der Waals surface area contributed by atoms with Crippen LogP contribution < -0.4 is 11.4 Å². The maximum atomic E-state index is 10.0. The van der Waals surface area contributed by atoms with E-state index in [9.17, 15) is 14.4 Å². The third-order valence-corrected chi connectivity index (χ3v) is 5.30. The van der Waals surface area contributed by atoms with Crippen molar-refractivity contribution in [3.8, 4) is 6.01 Å². The molecule has 2 amide bonds. The molecule has 0 spiro atoms. The number of nitrogens with zero attached hydrogens (tertiary/aromatic N) is 4. The van der Waals surface area contributed by atoms with Gasteiger partial charge in [-0.05, 0) is 89.1 Å². The number of nitrogens with two attached hydrogens (primary N) is 2. The number of urea groups is 1. The minimum absolute atomic E-state index is 0. The molecule has 0 aromatic carbocycles. The Bertz CT molecular complexity index is 1480. The van der Waals surface area contributed by atoms with Crippen molar-refractivity contribution in [2.24, 2.45) is 11.4 Å². The normalized spacial score (nSPS) is 16.1. The Morgan fingerprint density at radius 2 is 1.33 bits per heavy atom. The number of halogens is 4. The standard InChI is InChI=1S/C6H7ClN2.C6H8N2O.C5H8O2.C3H6I2.C3H7I.C2H6O.CH4N2O.CH4/c1-4-3-5(2)9-6(7)8-4;1-4-3-5(2)8-6(9)7-4;1-4(6)3-5(2)7;1-2-3(4)5;1-2-3-4;1-2-3;2-1(3)4;/h3H,1-2H3;3H,1-2H3,(H,7,8,9);3H2,1-2H3;3H,2H2,1H3;2-3H2,1H3;3H,2H2,1H3;(H4,2,3,4);1H4/i2*1D3,2D3,3D;;;;3D;;/hD5. The number of carbonyl (C=O) groups is 3. The molecule has 0 atom stereocenters. The van der Waals surface area contributed by atoms with Crippen molar-refractivity contribution in [1.29, 1.82) is 2.86 Å². The van der Waals surface area contributed by atoms with Crippen molar-refractivity contribution in [3.63, 3.8) is 0 Å². The first kappa shape index (κ1) is 21.7. The second-order valence-electron chi connectivity index (χ2n) is 6.28. The lowest BCUT2D eigenvalue weighted by molar-refractivity contribution is -0.124. The van der Waals surface area contributed by atoms with E-state index < -0.39 is 79.6 Å².